The average molecular weight is 352 g/mol. The zero-order valence-corrected chi connectivity index (χ0v) is 13.9. The lowest BCUT2D eigenvalue weighted by atomic mass is 10.1. The van der Waals surface area contributed by atoms with Crippen molar-refractivity contribution in [1.82, 2.24) is 5.32 Å². The molecule has 2 heterocycles. The molecule has 0 aliphatic carbocycles. The van der Waals surface area contributed by atoms with E-state index in [1.807, 2.05) is 19.9 Å². The number of rotatable bonds is 4. The van der Waals surface area contributed by atoms with Crippen LogP contribution in [0, 0.1) is 13.8 Å². The largest absolute Gasteiger partial charge is 0.466 e. The van der Waals surface area contributed by atoms with Crippen LogP contribution in [0.25, 0.3) is 0 Å². The van der Waals surface area contributed by atoms with Crippen molar-refractivity contribution in [2.75, 3.05) is 6.79 Å². The van der Waals surface area contributed by atoms with Crippen LogP contribution in [0.15, 0.2) is 27.1 Å². The molecule has 0 bridgehead atoms. The van der Waals surface area contributed by atoms with E-state index in [0.29, 0.717) is 0 Å². The summed E-state index contributed by atoms with van der Waals surface area (Å²) in [6, 6.07) is 6.38. The molecular formula is C16H18BrNO3. The normalized spacial score (nSPS) is 14.5. The number of aryl methyl sites for hydroxylation is 2. The van der Waals surface area contributed by atoms with Crippen molar-refractivity contribution in [3.63, 3.8) is 0 Å². The molecule has 1 atom stereocenters. The molecule has 1 aliphatic rings. The minimum absolute atomic E-state index is 0.228. The zero-order valence-electron chi connectivity index (χ0n) is 12.3. The van der Waals surface area contributed by atoms with Crippen molar-refractivity contribution >= 4 is 15.9 Å². The van der Waals surface area contributed by atoms with Gasteiger partial charge in [-0.1, -0.05) is 0 Å². The molecule has 0 saturated carbocycles. The Morgan fingerprint density at radius 2 is 2.05 bits per heavy atom. The van der Waals surface area contributed by atoms with Gasteiger partial charge in [-0.25, -0.2) is 0 Å². The molecule has 0 amide bonds. The summed E-state index contributed by atoms with van der Waals surface area (Å²) in [5.41, 5.74) is 2.35. The number of hydrogen-bond acceptors (Lipinski definition) is 4. The van der Waals surface area contributed by atoms with Gasteiger partial charge in [-0.15, -0.1) is 0 Å². The van der Waals surface area contributed by atoms with Crippen molar-refractivity contribution in [3.05, 3.63) is 45.3 Å². The van der Waals surface area contributed by atoms with Gasteiger partial charge in [-0.05, 0) is 60.5 Å². The first kappa shape index (κ1) is 14.5. The van der Waals surface area contributed by atoms with Crippen LogP contribution < -0.4 is 14.8 Å². The van der Waals surface area contributed by atoms with Crippen molar-refractivity contribution in [3.8, 4) is 11.5 Å². The number of halogens is 1. The number of hydrogen-bond donors (Lipinski definition) is 1. The van der Waals surface area contributed by atoms with Crippen LogP contribution in [0.2, 0.25) is 0 Å². The topological polar surface area (TPSA) is 43.6 Å². The van der Waals surface area contributed by atoms with Crippen molar-refractivity contribution in [1.29, 1.82) is 0 Å². The Morgan fingerprint density at radius 3 is 2.76 bits per heavy atom. The summed E-state index contributed by atoms with van der Waals surface area (Å²) in [6.45, 7) is 7.14. The molecule has 0 spiro atoms. The van der Waals surface area contributed by atoms with Crippen LogP contribution in [-0.4, -0.2) is 6.79 Å². The van der Waals surface area contributed by atoms with E-state index in [2.05, 4.69) is 40.3 Å². The third kappa shape index (κ3) is 2.94. The summed E-state index contributed by atoms with van der Waals surface area (Å²) < 4.78 is 17.3. The summed E-state index contributed by atoms with van der Waals surface area (Å²) >= 11 is 3.52. The second-order valence-corrected chi connectivity index (χ2v) is 6.14. The highest BCUT2D eigenvalue weighted by Gasteiger charge is 2.18. The standard InChI is InChI=1S/C16H18BrNO3/c1-9-4-13(11(3)21-9)10(2)18-7-12-5-14(17)16-15(6-12)19-8-20-16/h4-6,10,18H,7-8H2,1-3H3. The van der Waals surface area contributed by atoms with Crippen LogP contribution in [-0.2, 0) is 6.54 Å². The highest BCUT2D eigenvalue weighted by molar-refractivity contribution is 9.10. The highest BCUT2D eigenvalue weighted by Crippen LogP contribution is 2.40. The van der Waals surface area contributed by atoms with Crippen LogP contribution in [0.5, 0.6) is 11.5 Å². The fourth-order valence-corrected chi connectivity index (χ4v) is 3.19. The fourth-order valence-electron chi connectivity index (χ4n) is 2.58. The van der Waals surface area contributed by atoms with E-state index in [9.17, 15) is 0 Å². The van der Waals surface area contributed by atoms with Gasteiger partial charge < -0.3 is 19.2 Å². The maximum atomic E-state index is 5.58. The Kier molecular flexibility index (Phi) is 3.95. The van der Waals surface area contributed by atoms with Crippen LogP contribution >= 0.6 is 15.9 Å². The number of fused-ring (bicyclic) bond motifs is 1. The quantitative estimate of drug-likeness (QED) is 0.894. The maximum absolute atomic E-state index is 5.58. The van der Waals surface area contributed by atoms with E-state index in [4.69, 9.17) is 13.9 Å². The monoisotopic (exact) mass is 351 g/mol. The van der Waals surface area contributed by atoms with Gasteiger partial charge in [0.05, 0.1) is 4.47 Å². The average Bonchev–Trinajstić information content (AvgIpc) is 3.02. The maximum Gasteiger partial charge on any atom is 0.231 e. The fraction of sp³-hybridized carbons (Fsp3) is 0.375. The first-order chi connectivity index (χ1) is 10.0. The smallest absolute Gasteiger partial charge is 0.231 e. The molecule has 21 heavy (non-hydrogen) atoms. The summed E-state index contributed by atoms with van der Waals surface area (Å²) in [4.78, 5) is 0. The van der Waals surface area contributed by atoms with Crippen LogP contribution in [0.3, 0.4) is 0 Å². The predicted molar refractivity (Wildman–Crippen MR) is 83.7 cm³/mol. The molecule has 1 N–H and O–H groups in total. The van der Waals surface area contributed by atoms with Gasteiger partial charge in [0.15, 0.2) is 11.5 Å². The molecule has 0 fully saturated rings. The number of benzene rings is 1. The first-order valence-electron chi connectivity index (χ1n) is 6.93. The SMILES string of the molecule is Cc1cc(C(C)NCc2cc(Br)c3c(c2)OCO3)c(C)o1. The Hall–Kier alpha value is -1.46. The molecule has 0 radical (unpaired) electrons. The molecule has 1 aromatic heterocycles. The zero-order chi connectivity index (χ0) is 15.0. The van der Waals surface area contributed by atoms with Gasteiger partial charge >= 0.3 is 0 Å². The lowest BCUT2D eigenvalue weighted by Gasteiger charge is -2.14. The summed E-state index contributed by atoms with van der Waals surface area (Å²) in [5, 5.41) is 3.51. The molecule has 112 valence electrons. The third-order valence-corrected chi connectivity index (χ3v) is 4.23. The molecule has 3 rings (SSSR count). The molecule has 1 unspecified atom stereocenters. The third-order valence-electron chi connectivity index (χ3n) is 3.65. The lowest BCUT2D eigenvalue weighted by Crippen LogP contribution is -2.18. The van der Waals surface area contributed by atoms with Crippen LogP contribution in [0.1, 0.15) is 35.6 Å². The number of furan rings is 1. The number of nitrogens with one attached hydrogen (secondary N) is 1. The van der Waals surface area contributed by atoms with Crippen LogP contribution in [0.4, 0.5) is 0 Å². The summed E-state index contributed by atoms with van der Waals surface area (Å²) in [7, 11) is 0. The molecule has 1 aliphatic heterocycles. The van der Waals surface area contributed by atoms with E-state index < -0.39 is 0 Å². The van der Waals surface area contributed by atoms with Gasteiger partial charge in [-0.2, -0.15) is 0 Å². The molecule has 5 heteroatoms. The van der Waals surface area contributed by atoms with E-state index in [1.54, 1.807) is 0 Å². The van der Waals surface area contributed by atoms with E-state index in [0.717, 1.165) is 39.6 Å². The Bertz CT molecular complexity index is 666. The van der Waals surface area contributed by atoms with Gasteiger partial charge in [0.25, 0.3) is 0 Å². The molecular weight excluding hydrogens is 334 g/mol. The first-order valence-corrected chi connectivity index (χ1v) is 7.72. The van der Waals surface area contributed by atoms with Gasteiger partial charge in [-0.3, -0.25) is 0 Å². The molecule has 0 saturated heterocycles. The van der Waals surface area contributed by atoms with Crippen molar-refractivity contribution in [2.24, 2.45) is 0 Å². The van der Waals surface area contributed by atoms with Gasteiger partial charge in [0.2, 0.25) is 6.79 Å². The van der Waals surface area contributed by atoms with E-state index >= 15 is 0 Å². The van der Waals surface area contributed by atoms with Crippen molar-refractivity contribution in [2.45, 2.75) is 33.4 Å². The van der Waals surface area contributed by atoms with Gasteiger partial charge in [0, 0.05) is 18.2 Å². The minimum atomic E-state index is 0.228. The molecule has 2 aromatic rings. The van der Waals surface area contributed by atoms with E-state index in [1.165, 1.54) is 5.56 Å². The Labute approximate surface area is 132 Å². The minimum Gasteiger partial charge on any atom is -0.466 e. The highest BCUT2D eigenvalue weighted by atomic mass is 79.9. The number of ether oxygens (including phenoxy) is 2. The lowest BCUT2D eigenvalue weighted by molar-refractivity contribution is 0.173. The van der Waals surface area contributed by atoms with Crippen molar-refractivity contribution < 1.29 is 13.9 Å². The van der Waals surface area contributed by atoms with E-state index in [-0.39, 0.29) is 12.8 Å². The second kappa shape index (κ2) is 5.73. The van der Waals surface area contributed by atoms with Gasteiger partial charge in [0.1, 0.15) is 11.5 Å². The predicted octanol–water partition coefficient (Wildman–Crippen LogP) is 4.24. The summed E-state index contributed by atoms with van der Waals surface area (Å²) in [5.74, 6) is 3.50. The molecule has 4 nitrogen and oxygen atoms in total. The second-order valence-electron chi connectivity index (χ2n) is 5.28. The summed E-state index contributed by atoms with van der Waals surface area (Å²) in [6.07, 6.45) is 0. The molecule has 1 aromatic carbocycles. The Morgan fingerprint density at radius 1 is 1.24 bits per heavy atom. The Balaban J connectivity index is 1.70.